The van der Waals surface area contributed by atoms with Gasteiger partial charge in [-0.1, -0.05) is 23.4 Å². The number of nitrogens with zero attached hydrogens (tertiary/aromatic N) is 2. The van der Waals surface area contributed by atoms with Gasteiger partial charge in [-0.3, -0.25) is 4.72 Å². The Morgan fingerprint density at radius 3 is 2.74 bits per heavy atom. The summed E-state index contributed by atoms with van der Waals surface area (Å²) in [5, 5.41) is 4.36. The fraction of sp³-hybridized carbons (Fsp3) is 0.143. The predicted molar refractivity (Wildman–Crippen MR) is 111 cm³/mol. The molecule has 1 aliphatic rings. The van der Waals surface area contributed by atoms with Crippen molar-refractivity contribution in [1.82, 2.24) is 10.1 Å². The summed E-state index contributed by atoms with van der Waals surface area (Å²) in [6.45, 7) is 0.427. The van der Waals surface area contributed by atoms with Gasteiger partial charge >= 0.3 is 0 Å². The second kappa shape index (κ2) is 7.47. The van der Waals surface area contributed by atoms with E-state index in [2.05, 4.69) is 14.9 Å². The van der Waals surface area contributed by atoms with Crippen LogP contribution in [0.4, 0.5) is 5.82 Å². The first kappa shape index (κ1) is 19.2. The van der Waals surface area contributed by atoms with Gasteiger partial charge in [0.2, 0.25) is 5.88 Å². The van der Waals surface area contributed by atoms with E-state index < -0.39 is 10.0 Å². The van der Waals surface area contributed by atoms with Crippen molar-refractivity contribution in [3.63, 3.8) is 0 Å². The Morgan fingerprint density at radius 1 is 1.10 bits per heavy atom. The average Bonchev–Trinajstić information content (AvgIpc) is 3.41. The number of fused-ring (bicyclic) bond motifs is 3. The molecule has 0 saturated heterocycles. The molecule has 31 heavy (non-hydrogen) atoms. The Labute approximate surface area is 177 Å². The molecule has 0 fully saturated rings. The smallest absolute Gasteiger partial charge is 0.266 e. The van der Waals surface area contributed by atoms with Crippen molar-refractivity contribution in [1.29, 1.82) is 0 Å². The minimum Gasteiger partial charge on any atom is -0.495 e. The molecule has 9 nitrogen and oxygen atoms in total. The minimum absolute atomic E-state index is 0.0127. The van der Waals surface area contributed by atoms with Gasteiger partial charge in [0.05, 0.1) is 13.7 Å². The maximum absolute atomic E-state index is 13.0. The SMILES string of the molecule is COc1ccccc1S(=O)(=O)Nc1noc2cc(Oc3ccccn3)c3c(c12)OCC3. The molecule has 0 atom stereocenters. The molecule has 0 unspecified atom stereocenters. The van der Waals surface area contributed by atoms with E-state index in [0.29, 0.717) is 41.4 Å². The summed E-state index contributed by atoms with van der Waals surface area (Å²) in [7, 11) is -2.58. The van der Waals surface area contributed by atoms with Crippen LogP contribution < -0.4 is 18.9 Å². The van der Waals surface area contributed by atoms with Crippen LogP contribution in [0.1, 0.15) is 5.56 Å². The minimum atomic E-state index is -3.99. The molecule has 0 spiro atoms. The zero-order chi connectivity index (χ0) is 21.4. The van der Waals surface area contributed by atoms with Crippen molar-refractivity contribution in [3.8, 4) is 23.1 Å². The number of hydrogen-bond donors (Lipinski definition) is 1. The van der Waals surface area contributed by atoms with Crippen LogP contribution in [-0.2, 0) is 16.4 Å². The number of sulfonamides is 1. The Morgan fingerprint density at radius 2 is 1.94 bits per heavy atom. The molecule has 0 saturated carbocycles. The highest BCUT2D eigenvalue weighted by Crippen LogP contribution is 2.45. The van der Waals surface area contributed by atoms with Gasteiger partial charge in [0, 0.05) is 30.3 Å². The van der Waals surface area contributed by atoms with Crippen LogP contribution in [0.3, 0.4) is 0 Å². The molecule has 2 aromatic carbocycles. The Balaban J connectivity index is 1.57. The molecule has 0 radical (unpaired) electrons. The Kier molecular flexibility index (Phi) is 4.63. The first-order valence-corrected chi connectivity index (χ1v) is 10.9. The summed E-state index contributed by atoms with van der Waals surface area (Å²) in [5.41, 5.74) is 1.11. The van der Waals surface area contributed by atoms with Gasteiger partial charge in [0.15, 0.2) is 11.4 Å². The summed E-state index contributed by atoms with van der Waals surface area (Å²) in [4.78, 5) is 4.16. The summed E-state index contributed by atoms with van der Waals surface area (Å²) in [6, 6.07) is 13.3. The number of pyridine rings is 1. The van der Waals surface area contributed by atoms with E-state index in [-0.39, 0.29) is 16.5 Å². The average molecular weight is 439 g/mol. The largest absolute Gasteiger partial charge is 0.495 e. The third-order valence-corrected chi connectivity index (χ3v) is 6.20. The number of methoxy groups -OCH3 is 1. The van der Waals surface area contributed by atoms with Crippen molar-refractivity contribution >= 4 is 26.8 Å². The number of nitrogens with one attached hydrogen (secondary N) is 1. The lowest BCUT2D eigenvalue weighted by atomic mass is 10.1. The quantitative estimate of drug-likeness (QED) is 0.483. The third kappa shape index (κ3) is 3.40. The number of para-hydroxylation sites is 1. The summed E-state index contributed by atoms with van der Waals surface area (Å²) < 4.78 is 50.7. The molecule has 0 bridgehead atoms. The summed E-state index contributed by atoms with van der Waals surface area (Å²) >= 11 is 0. The highest BCUT2D eigenvalue weighted by atomic mass is 32.2. The van der Waals surface area contributed by atoms with Gasteiger partial charge in [-0.25, -0.2) is 13.4 Å². The third-order valence-electron chi connectivity index (χ3n) is 4.82. The standard InChI is InChI=1S/C21H17N3O6S/c1-27-14-6-2-3-7-17(14)31(25,26)24-21-19-16(30-23-21)12-15(13-9-11-28-20(13)19)29-18-8-4-5-10-22-18/h2-8,10,12H,9,11H2,1H3,(H,23,24). The van der Waals surface area contributed by atoms with E-state index in [1.807, 2.05) is 6.07 Å². The van der Waals surface area contributed by atoms with E-state index in [4.69, 9.17) is 18.7 Å². The van der Waals surface area contributed by atoms with Crippen LogP contribution in [0.2, 0.25) is 0 Å². The van der Waals surface area contributed by atoms with E-state index >= 15 is 0 Å². The fourth-order valence-electron chi connectivity index (χ4n) is 3.44. The van der Waals surface area contributed by atoms with Crippen molar-refractivity contribution in [2.24, 2.45) is 0 Å². The van der Waals surface area contributed by atoms with Crippen molar-refractivity contribution < 1.29 is 27.2 Å². The van der Waals surface area contributed by atoms with Crippen molar-refractivity contribution in [2.75, 3.05) is 18.4 Å². The highest BCUT2D eigenvalue weighted by molar-refractivity contribution is 7.92. The van der Waals surface area contributed by atoms with Crippen LogP contribution in [0.5, 0.6) is 23.1 Å². The highest BCUT2D eigenvalue weighted by Gasteiger charge is 2.29. The Hall–Kier alpha value is -3.79. The maximum Gasteiger partial charge on any atom is 0.266 e. The first-order valence-electron chi connectivity index (χ1n) is 9.39. The molecular weight excluding hydrogens is 422 g/mol. The monoisotopic (exact) mass is 439 g/mol. The molecule has 10 heteroatoms. The summed E-state index contributed by atoms with van der Waals surface area (Å²) in [6.07, 6.45) is 2.22. The Bertz CT molecular complexity index is 1370. The molecule has 2 aromatic heterocycles. The van der Waals surface area contributed by atoms with Gasteiger partial charge < -0.3 is 18.7 Å². The van der Waals surface area contributed by atoms with Crippen LogP contribution in [-0.4, -0.2) is 32.3 Å². The second-order valence-corrected chi connectivity index (χ2v) is 8.36. The fourth-order valence-corrected chi connectivity index (χ4v) is 4.62. The molecule has 3 heterocycles. The first-order chi connectivity index (χ1) is 15.1. The maximum atomic E-state index is 13.0. The zero-order valence-corrected chi connectivity index (χ0v) is 17.2. The normalized spacial score (nSPS) is 12.9. The lowest BCUT2D eigenvalue weighted by Crippen LogP contribution is -2.14. The molecule has 0 aliphatic carbocycles. The van der Waals surface area contributed by atoms with Crippen LogP contribution in [0.25, 0.3) is 11.0 Å². The number of aromatic nitrogens is 2. The summed E-state index contributed by atoms with van der Waals surface area (Å²) in [5.74, 6) is 1.67. The topological polar surface area (TPSA) is 113 Å². The van der Waals surface area contributed by atoms with Crippen LogP contribution in [0, 0.1) is 0 Å². The lowest BCUT2D eigenvalue weighted by molar-refractivity contribution is 0.360. The van der Waals surface area contributed by atoms with Gasteiger partial charge in [-0.05, 0) is 18.2 Å². The lowest BCUT2D eigenvalue weighted by Gasteiger charge is -2.11. The van der Waals surface area contributed by atoms with Gasteiger partial charge in [-0.2, -0.15) is 0 Å². The van der Waals surface area contributed by atoms with Gasteiger partial charge in [0.1, 0.15) is 27.5 Å². The predicted octanol–water partition coefficient (Wildman–Crippen LogP) is 3.76. The van der Waals surface area contributed by atoms with E-state index in [1.165, 1.54) is 13.2 Å². The van der Waals surface area contributed by atoms with E-state index in [9.17, 15) is 8.42 Å². The van der Waals surface area contributed by atoms with E-state index in [0.717, 1.165) is 5.56 Å². The zero-order valence-electron chi connectivity index (χ0n) is 16.4. The van der Waals surface area contributed by atoms with Gasteiger partial charge in [0.25, 0.3) is 10.0 Å². The molecular formula is C21H17N3O6S. The number of anilines is 1. The van der Waals surface area contributed by atoms with Crippen molar-refractivity contribution in [3.05, 3.63) is 60.3 Å². The molecule has 158 valence electrons. The van der Waals surface area contributed by atoms with Gasteiger partial charge in [-0.15, -0.1) is 0 Å². The number of rotatable bonds is 6. The number of ether oxygens (including phenoxy) is 3. The molecule has 5 rings (SSSR count). The van der Waals surface area contributed by atoms with E-state index in [1.54, 1.807) is 42.6 Å². The molecule has 1 N–H and O–H groups in total. The number of benzene rings is 2. The second-order valence-electron chi connectivity index (χ2n) is 6.71. The molecule has 1 aliphatic heterocycles. The molecule has 0 amide bonds. The van der Waals surface area contributed by atoms with Crippen molar-refractivity contribution in [2.45, 2.75) is 11.3 Å². The number of hydrogen-bond acceptors (Lipinski definition) is 8. The molecule has 4 aromatic rings. The van der Waals surface area contributed by atoms with Crippen LogP contribution >= 0.6 is 0 Å². The van der Waals surface area contributed by atoms with Crippen LogP contribution in [0.15, 0.2) is 64.1 Å².